The summed E-state index contributed by atoms with van der Waals surface area (Å²) in [6.45, 7) is -0.493. The van der Waals surface area contributed by atoms with Crippen LogP contribution >= 0.6 is 0 Å². The van der Waals surface area contributed by atoms with Crippen molar-refractivity contribution in [3.05, 3.63) is 130 Å². The highest BCUT2D eigenvalue weighted by atomic mass is 19.1. The van der Waals surface area contributed by atoms with Gasteiger partial charge in [0.15, 0.2) is 23.1 Å². The molecule has 0 unspecified atom stereocenters. The van der Waals surface area contributed by atoms with E-state index < -0.39 is 17.0 Å². The molecule has 0 saturated carbocycles. The maximum Gasteiger partial charge on any atom is 0.165 e. The fraction of sp³-hybridized carbons (Fsp3) is 0.200. The fourth-order valence-electron chi connectivity index (χ4n) is 5.23. The Morgan fingerprint density at radius 2 is 1.08 bits per heavy atom. The van der Waals surface area contributed by atoms with Crippen molar-refractivity contribution in [2.24, 2.45) is 0 Å². The van der Waals surface area contributed by atoms with Crippen molar-refractivity contribution in [1.29, 1.82) is 0 Å². The van der Waals surface area contributed by atoms with Crippen molar-refractivity contribution < 1.29 is 28.5 Å². The van der Waals surface area contributed by atoms with Gasteiger partial charge in [0.05, 0.1) is 18.6 Å². The number of fused-ring (bicyclic) bond motifs is 2. The van der Waals surface area contributed by atoms with Crippen molar-refractivity contribution in [1.82, 2.24) is 0 Å². The molecule has 4 nitrogen and oxygen atoms in total. The molecule has 5 rings (SSSR count). The summed E-state index contributed by atoms with van der Waals surface area (Å²) in [4.78, 5) is 0. The second kappa shape index (κ2) is 10.1. The molecule has 2 N–H and O–H groups in total. The van der Waals surface area contributed by atoms with E-state index in [-0.39, 0.29) is 37.9 Å². The minimum Gasteiger partial charge on any atom is -0.488 e. The number of hydrogen-bond donors (Lipinski definition) is 2. The highest BCUT2D eigenvalue weighted by Crippen LogP contribution is 2.51. The Labute approximate surface area is 208 Å². The summed E-state index contributed by atoms with van der Waals surface area (Å²) < 4.78 is 41.4. The van der Waals surface area contributed by atoms with E-state index in [4.69, 9.17) is 19.7 Å². The molecule has 1 aliphatic rings. The van der Waals surface area contributed by atoms with E-state index in [1.165, 1.54) is 12.1 Å². The normalized spacial score (nSPS) is 13.6. The molecular formula is C30H26F2O4. The van der Waals surface area contributed by atoms with Crippen LogP contribution in [0.15, 0.2) is 84.9 Å². The molecule has 4 aromatic carbocycles. The van der Waals surface area contributed by atoms with Crippen molar-refractivity contribution >= 4 is 0 Å². The third-order valence-electron chi connectivity index (χ3n) is 6.65. The van der Waals surface area contributed by atoms with E-state index in [1.807, 2.05) is 48.5 Å². The van der Waals surface area contributed by atoms with E-state index in [0.717, 1.165) is 22.3 Å². The molecule has 6 heteroatoms. The van der Waals surface area contributed by atoms with E-state index in [2.05, 4.69) is 0 Å². The first kappa shape index (κ1) is 24.0. The zero-order valence-electron chi connectivity index (χ0n) is 19.6. The molecule has 184 valence electrons. The van der Waals surface area contributed by atoms with Crippen molar-refractivity contribution in [2.45, 2.75) is 11.8 Å². The molecule has 0 radical (unpaired) electrons. The van der Waals surface area contributed by atoms with Crippen LogP contribution in [0.5, 0.6) is 11.5 Å². The number of aliphatic hydroxyl groups excluding tert-OH is 2. The Balaban J connectivity index is 1.80. The lowest BCUT2D eigenvalue weighted by molar-refractivity contribution is 0.196. The zero-order chi connectivity index (χ0) is 25.1. The number of rotatable bonds is 8. The van der Waals surface area contributed by atoms with Crippen LogP contribution in [0.3, 0.4) is 0 Å². The minimum atomic E-state index is -1.00. The first-order chi connectivity index (χ1) is 17.6. The number of aliphatic hydroxyl groups is 2. The van der Waals surface area contributed by atoms with Crippen molar-refractivity contribution in [3.63, 3.8) is 0 Å². The second-order valence-electron chi connectivity index (χ2n) is 8.68. The largest absolute Gasteiger partial charge is 0.488 e. The maximum atomic E-state index is 15.3. The monoisotopic (exact) mass is 488 g/mol. The van der Waals surface area contributed by atoms with Crippen LogP contribution < -0.4 is 9.47 Å². The molecule has 0 atom stereocenters. The molecule has 0 spiro atoms. The smallest absolute Gasteiger partial charge is 0.165 e. The average Bonchev–Trinajstić information content (AvgIpc) is 2.90. The summed E-state index contributed by atoms with van der Waals surface area (Å²) in [7, 11) is 0. The molecule has 0 fully saturated rings. The Morgan fingerprint density at radius 1 is 0.639 bits per heavy atom. The van der Waals surface area contributed by atoms with Gasteiger partial charge in [-0.25, -0.2) is 8.78 Å². The van der Waals surface area contributed by atoms with Crippen molar-refractivity contribution in [2.75, 3.05) is 26.4 Å². The van der Waals surface area contributed by atoms with Crippen LogP contribution in [0.2, 0.25) is 0 Å². The summed E-state index contributed by atoms with van der Waals surface area (Å²) in [5.74, 6) is -1.05. The second-order valence-corrected chi connectivity index (χ2v) is 8.68. The van der Waals surface area contributed by atoms with Gasteiger partial charge in [0.25, 0.3) is 0 Å². The Morgan fingerprint density at radius 3 is 1.50 bits per heavy atom. The van der Waals surface area contributed by atoms with Crippen LogP contribution in [-0.2, 0) is 11.8 Å². The standard InChI is InChI=1S/C30H26F2O4/c31-26-18-22(9-11-28(26)35-15-13-33)30(23-10-12-29(27(32)19-23)36-16-14-34)24-7-3-1-5-20(24)17-21-6-2-4-8-25(21)30/h1-12,18-19,33-34H,13-17H2. The quantitative estimate of drug-likeness (QED) is 0.323. The molecule has 36 heavy (non-hydrogen) atoms. The average molecular weight is 489 g/mol. The molecule has 0 aromatic heterocycles. The van der Waals surface area contributed by atoms with Gasteiger partial charge in [0, 0.05) is 0 Å². The van der Waals surface area contributed by atoms with Crippen LogP contribution in [0.4, 0.5) is 8.78 Å². The zero-order valence-corrected chi connectivity index (χ0v) is 19.6. The predicted molar refractivity (Wildman–Crippen MR) is 133 cm³/mol. The van der Waals surface area contributed by atoms with Crippen LogP contribution in [-0.4, -0.2) is 36.6 Å². The minimum absolute atomic E-state index is 0.0202. The Kier molecular flexibility index (Phi) is 6.72. The Hall–Kier alpha value is -3.74. The molecule has 1 aliphatic carbocycles. The predicted octanol–water partition coefficient (Wildman–Crippen LogP) is 4.99. The van der Waals surface area contributed by atoms with Crippen molar-refractivity contribution in [3.8, 4) is 11.5 Å². The SMILES string of the molecule is OCCOc1ccc(C2(c3ccc(OCCO)c(F)c3)c3ccccc3Cc3ccccc32)cc1F. The third-order valence-corrected chi connectivity index (χ3v) is 6.65. The lowest BCUT2D eigenvalue weighted by Crippen LogP contribution is -2.36. The highest BCUT2D eigenvalue weighted by Gasteiger charge is 2.44. The van der Waals surface area contributed by atoms with Gasteiger partial charge in [0.1, 0.15) is 13.2 Å². The maximum absolute atomic E-state index is 15.3. The fourth-order valence-corrected chi connectivity index (χ4v) is 5.23. The number of benzene rings is 4. The van der Waals surface area contributed by atoms with E-state index in [1.54, 1.807) is 24.3 Å². The van der Waals surface area contributed by atoms with Gasteiger partial charge in [-0.2, -0.15) is 0 Å². The summed E-state index contributed by atoms with van der Waals surface area (Å²) in [5, 5.41) is 18.2. The van der Waals surface area contributed by atoms with Crippen LogP contribution in [0.25, 0.3) is 0 Å². The van der Waals surface area contributed by atoms with Gasteiger partial charge < -0.3 is 19.7 Å². The lowest BCUT2D eigenvalue weighted by Gasteiger charge is -2.42. The number of hydrogen-bond acceptors (Lipinski definition) is 4. The van der Waals surface area contributed by atoms with E-state index in [0.29, 0.717) is 17.5 Å². The van der Waals surface area contributed by atoms with E-state index >= 15 is 8.78 Å². The van der Waals surface area contributed by atoms with Crippen LogP contribution in [0, 0.1) is 11.6 Å². The number of halogens is 2. The summed E-state index contributed by atoms with van der Waals surface area (Å²) >= 11 is 0. The lowest BCUT2D eigenvalue weighted by atomic mass is 9.59. The summed E-state index contributed by atoms with van der Waals surface area (Å²) in [6, 6.07) is 25.5. The third kappa shape index (κ3) is 4.02. The molecule has 0 bridgehead atoms. The van der Waals surface area contributed by atoms with Gasteiger partial charge in [0.2, 0.25) is 0 Å². The van der Waals surface area contributed by atoms with Gasteiger partial charge >= 0.3 is 0 Å². The molecule has 0 heterocycles. The van der Waals surface area contributed by atoms with Gasteiger partial charge in [-0.1, -0.05) is 60.7 Å². The van der Waals surface area contributed by atoms with Crippen LogP contribution in [0.1, 0.15) is 33.4 Å². The topological polar surface area (TPSA) is 58.9 Å². The highest BCUT2D eigenvalue weighted by molar-refractivity contribution is 5.67. The summed E-state index contributed by atoms with van der Waals surface area (Å²) in [5.41, 5.74) is 4.26. The molecule has 0 saturated heterocycles. The van der Waals surface area contributed by atoms with Gasteiger partial charge in [-0.3, -0.25) is 0 Å². The molecular weight excluding hydrogens is 462 g/mol. The van der Waals surface area contributed by atoms with Gasteiger partial charge in [-0.15, -0.1) is 0 Å². The first-order valence-electron chi connectivity index (χ1n) is 11.8. The molecule has 0 aliphatic heterocycles. The summed E-state index contributed by atoms with van der Waals surface area (Å²) in [6.07, 6.45) is 0.703. The Bertz CT molecular complexity index is 1280. The molecule has 4 aromatic rings. The first-order valence-corrected chi connectivity index (χ1v) is 11.8. The van der Waals surface area contributed by atoms with E-state index in [9.17, 15) is 0 Å². The number of ether oxygens (including phenoxy) is 2. The molecule has 0 amide bonds. The van der Waals surface area contributed by atoms with Gasteiger partial charge in [-0.05, 0) is 64.1 Å².